The number of fused-ring (bicyclic) bond motifs is 3. The molecule has 256 valence electrons. The molecule has 7 aromatic rings. The maximum atomic E-state index is 12.0. The van der Waals surface area contributed by atoms with Gasteiger partial charge in [-0.05, 0) is 80.9 Å². The number of carbonyl (C=O) groups is 1. The van der Waals surface area contributed by atoms with Crippen molar-refractivity contribution in [2.45, 2.75) is 33.2 Å². The molecule has 9 nitrogen and oxygen atoms in total. The Morgan fingerprint density at radius 3 is 1.33 bits per heavy atom. The van der Waals surface area contributed by atoms with E-state index in [-0.39, 0.29) is 5.97 Å². The molecular formula is C43H37N7O2. The van der Waals surface area contributed by atoms with E-state index in [2.05, 4.69) is 47.6 Å². The fourth-order valence-corrected chi connectivity index (χ4v) is 5.95. The van der Waals surface area contributed by atoms with Crippen molar-refractivity contribution in [3.8, 4) is 0 Å². The summed E-state index contributed by atoms with van der Waals surface area (Å²) in [6, 6.07) is 43.1. The number of esters is 1. The molecule has 1 unspecified atom stereocenters. The summed E-state index contributed by atoms with van der Waals surface area (Å²) in [5.41, 5.74) is 5.86. The number of nitrogens with one attached hydrogen (secondary N) is 1. The lowest BCUT2D eigenvalue weighted by molar-refractivity contribution is 0.0526. The molecule has 0 fully saturated rings. The lowest BCUT2D eigenvalue weighted by atomic mass is 10.1. The summed E-state index contributed by atoms with van der Waals surface area (Å²) in [4.78, 5) is 12.0. The standard InChI is InChI=1S/C43H37N7O2/c1-4-28(3)44-37-22-23-39(32-13-7-6-12-31(32)37)47-48-41-26-27-42(36-17-11-10-16-35(36)41)50-49-40-25-24-38(33-14-8-9-15-34(33)40)46-45-30-20-18-29(19-21-30)43(51)52-5-2/h6-28,44H,4-5H2,1-3H3/b46-45+,48-47+,50-49+. The van der Waals surface area contributed by atoms with Gasteiger partial charge in [-0.25, -0.2) is 4.79 Å². The van der Waals surface area contributed by atoms with Gasteiger partial charge in [0.15, 0.2) is 0 Å². The lowest BCUT2D eigenvalue weighted by Crippen LogP contribution is -2.13. The first-order chi connectivity index (χ1) is 25.5. The molecule has 0 saturated heterocycles. The van der Waals surface area contributed by atoms with Crippen molar-refractivity contribution in [3.05, 3.63) is 139 Å². The predicted molar refractivity (Wildman–Crippen MR) is 210 cm³/mol. The van der Waals surface area contributed by atoms with E-state index in [0.29, 0.717) is 35.3 Å². The average Bonchev–Trinajstić information content (AvgIpc) is 3.19. The molecule has 7 rings (SSSR count). The van der Waals surface area contributed by atoms with Crippen LogP contribution in [-0.4, -0.2) is 18.6 Å². The molecule has 9 heteroatoms. The van der Waals surface area contributed by atoms with Crippen LogP contribution in [0.5, 0.6) is 0 Å². The Hall–Kier alpha value is -6.61. The molecule has 7 aromatic carbocycles. The molecule has 0 spiro atoms. The third-order valence-electron chi connectivity index (χ3n) is 8.85. The van der Waals surface area contributed by atoms with E-state index in [9.17, 15) is 4.79 Å². The molecule has 0 heterocycles. The molecule has 0 bridgehead atoms. The molecule has 0 saturated carbocycles. The van der Waals surface area contributed by atoms with E-state index >= 15 is 0 Å². The van der Waals surface area contributed by atoms with Crippen molar-refractivity contribution in [1.29, 1.82) is 0 Å². The number of benzene rings is 7. The summed E-state index contributed by atoms with van der Waals surface area (Å²) >= 11 is 0. The Labute approximate surface area is 301 Å². The second-order valence-corrected chi connectivity index (χ2v) is 12.3. The first-order valence-electron chi connectivity index (χ1n) is 17.4. The van der Waals surface area contributed by atoms with Crippen LogP contribution in [0.4, 0.5) is 39.8 Å². The first kappa shape index (κ1) is 33.9. The second kappa shape index (κ2) is 15.5. The maximum absolute atomic E-state index is 12.0. The molecular weight excluding hydrogens is 647 g/mol. The summed E-state index contributed by atoms with van der Waals surface area (Å²) in [6.45, 7) is 6.46. The molecule has 52 heavy (non-hydrogen) atoms. The van der Waals surface area contributed by atoms with Crippen LogP contribution in [0.1, 0.15) is 37.6 Å². The quantitative estimate of drug-likeness (QED) is 0.108. The summed E-state index contributed by atoms with van der Waals surface area (Å²) in [5.74, 6) is -0.364. The van der Waals surface area contributed by atoms with Gasteiger partial charge in [0.1, 0.15) is 0 Å². The summed E-state index contributed by atoms with van der Waals surface area (Å²) in [6.07, 6.45) is 1.03. The third kappa shape index (κ3) is 7.29. The number of hydrogen-bond donors (Lipinski definition) is 1. The molecule has 0 aliphatic rings. The van der Waals surface area contributed by atoms with Crippen LogP contribution in [-0.2, 0) is 4.74 Å². The van der Waals surface area contributed by atoms with Gasteiger partial charge < -0.3 is 10.1 Å². The minimum atomic E-state index is -0.364. The highest BCUT2D eigenvalue weighted by Crippen LogP contribution is 2.39. The van der Waals surface area contributed by atoms with Gasteiger partial charge >= 0.3 is 5.97 Å². The molecule has 0 aliphatic carbocycles. The van der Waals surface area contributed by atoms with Crippen molar-refractivity contribution in [2.24, 2.45) is 30.7 Å². The number of anilines is 1. The highest BCUT2D eigenvalue weighted by atomic mass is 16.5. The zero-order valence-electron chi connectivity index (χ0n) is 29.2. The first-order valence-corrected chi connectivity index (χ1v) is 17.4. The second-order valence-electron chi connectivity index (χ2n) is 12.3. The van der Waals surface area contributed by atoms with Crippen molar-refractivity contribution in [3.63, 3.8) is 0 Å². The molecule has 1 N–H and O–H groups in total. The third-order valence-corrected chi connectivity index (χ3v) is 8.85. The fraction of sp³-hybridized carbons (Fsp3) is 0.140. The van der Waals surface area contributed by atoms with Crippen LogP contribution in [0.3, 0.4) is 0 Å². The van der Waals surface area contributed by atoms with Crippen LogP contribution in [0, 0.1) is 0 Å². The number of nitrogens with zero attached hydrogens (tertiary/aromatic N) is 6. The van der Waals surface area contributed by atoms with Gasteiger partial charge in [0, 0.05) is 44.0 Å². The van der Waals surface area contributed by atoms with Crippen LogP contribution in [0.25, 0.3) is 32.3 Å². The van der Waals surface area contributed by atoms with Gasteiger partial charge in [-0.15, -0.1) is 25.6 Å². The van der Waals surface area contributed by atoms with E-state index < -0.39 is 0 Å². The number of azo groups is 3. The van der Waals surface area contributed by atoms with Crippen LogP contribution < -0.4 is 5.32 Å². The van der Waals surface area contributed by atoms with Gasteiger partial charge in [0.05, 0.1) is 46.3 Å². The lowest BCUT2D eigenvalue weighted by Gasteiger charge is -2.15. The maximum Gasteiger partial charge on any atom is 0.338 e. The zero-order valence-corrected chi connectivity index (χ0v) is 29.2. The van der Waals surface area contributed by atoms with E-state index in [4.69, 9.17) is 25.2 Å². The van der Waals surface area contributed by atoms with Crippen molar-refractivity contribution >= 4 is 78.1 Å². The minimum Gasteiger partial charge on any atom is -0.462 e. The highest BCUT2D eigenvalue weighted by molar-refractivity contribution is 6.02. The molecule has 0 radical (unpaired) electrons. The van der Waals surface area contributed by atoms with Gasteiger partial charge in [0.25, 0.3) is 0 Å². The minimum absolute atomic E-state index is 0.323. The van der Waals surface area contributed by atoms with E-state index in [1.807, 2.05) is 91.0 Å². The Balaban J connectivity index is 1.16. The highest BCUT2D eigenvalue weighted by Gasteiger charge is 2.11. The van der Waals surface area contributed by atoms with E-state index in [1.54, 1.807) is 31.2 Å². The summed E-state index contributed by atoms with van der Waals surface area (Å²) in [7, 11) is 0. The average molecular weight is 684 g/mol. The van der Waals surface area contributed by atoms with Crippen LogP contribution in [0.2, 0.25) is 0 Å². The number of carbonyl (C=O) groups excluding carboxylic acids is 1. The Morgan fingerprint density at radius 1 is 0.519 bits per heavy atom. The molecule has 0 aromatic heterocycles. The number of ether oxygens (including phenoxy) is 1. The number of rotatable bonds is 11. The summed E-state index contributed by atoms with van der Waals surface area (Å²) in [5, 5.41) is 37.2. The molecule has 1 atom stereocenters. The monoisotopic (exact) mass is 683 g/mol. The van der Waals surface area contributed by atoms with E-state index in [1.165, 1.54) is 0 Å². The Bertz CT molecular complexity index is 2490. The normalized spacial score (nSPS) is 12.4. The van der Waals surface area contributed by atoms with Crippen LogP contribution in [0.15, 0.2) is 164 Å². The van der Waals surface area contributed by atoms with E-state index in [0.717, 1.165) is 61.5 Å². The van der Waals surface area contributed by atoms with Gasteiger partial charge in [-0.2, -0.15) is 5.11 Å². The predicted octanol–water partition coefficient (Wildman–Crippen LogP) is 13.8. The summed E-state index contributed by atoms with van der Waals surface area (Å²) < 4.78 is 5.06. The largest absolute Gasteiger partial charge is 0.462 e. The van der Waals surface area contributed by atoms with Gasteiger partial charge in [-0.3, -0.25) is 0 Å². The van der Waals surface area contributed by atoms with Crippen molar-refractivity contribution in [1.82, 2.24) is 0 Å². The Morgan fingerprint density at radius 2 is 0.904 bits per heavy atom. The zero-order chi connectivity index (χ0) is 35.9. The van der Waals surface area contributed by atoms with Crippen LogP contribution >= 0.6 is 0 Å². The topological polar surface area (TPSA) is 112 Å². The number of hydrogen-bond acceptors (Lipinski definition) is 9. The van der Waals surface area contributed by atoms with Gasteiger partial charge in [0.2, 0.25) is 0 Å². The SMILES string of the molecule is CCOC(=O)c1ccc(/N=N/c2ccc(/N=N/c3ccc(/N=N/c4ccc(NC(C)CC)c5ccccc45)c4ccccc34)c3ccccc23)cc1. The molecule has 0 aliphatic heterocycles. The molecule has 0 amide bonds. The van der Waals surface area contributed by atoms with Gasteiger partial charge in [-0.1, -0.05) is 79.7 Å². The smallest absolute Gasteiger partial charge is 0.338 e. The Kier molecular flexibility index (Phi) is 10.1. The fourth-order valence-electron chi connectivity index (χ4n) is 5.95. The van der Waals surface area contributed by atoms with Crippen molar-refractivity contribution in [2.75, 3.05) is 11.9 Å². The van der Waals surface area contributed by atoms with Crippen molar-refractivity contribution < 1.29 is 9.53 Å².